The highest BCUT2D eigenvalue weighted by atomic mass is 35.5. The molecule has 1 unspecified atom stereocenters. The molecular weight excluding hydrogens is 326 g/mol. The van der Waals surface area contributed by atoms with Crippen molar-refractivity contribution in [2.45, 2.75) is 38.7 Å². The number of allylic oxidation sites excluding steroid dienone is 1. The Bertz CT molecular complexity index is 594. The van der Waals surface area contributed by atoms with Crippen molar-refractivity contribution in [2.75, 3.05) is 13.1 Å². The van der Waals surface area contributed by atoms with E-state index < -0.39 is 11.6 Å². The lowest BCUT2D eigenvalue weighted by atomic mass is 9.83. The van der Waals surface area contributed by atoms with E-state index in [2.05, 4.69) is 4.90 Å². The molecule has 4 rings (SSSR count). The molecule has 0 aliphatic carbocycles. The Morgan fingerprint density at radius 3 is 2.42 bits per heavy atom. The van der Waals surface area contributed by atoms with Gasteiger partial charge < -0.3 is 14.7 Å². The third kappa shape index (κ3) is 3.45. The summed E-state index contributed by atoms with van der Waals surface area (Å²) in [6, 6.07) is 9.03. The minimum Gasteiger partial charge on any atom is -0.430 e. The van der Waals surface area contributed by atoms with Gasteiger partial charge >= 0.3 is 5.97 Å². The van der Waals surface area contributed by atoms with Crippen LogP contribution in [-0.2, 0) is 15.1 Å². The van der Waals surface area contributed by atoms with Crippen molar-refractivity contribution < 1.29 is 14.6 Å². The fourth-order valence-corrected chi connectivity index (χ4v) is 3.56. The van der Waals surface area contributed by atoms with Gasteiger partial charge in [-0.25, -0.2) is 4.79 Å². The lowest BCUT2D eigenvalue weighted by Crippen LogP contribution is -2.42. The van der Waals surface area contributed by atoms with Crippen LogP contribution in [0.4, 0.5) is 0 Å². The van der Waals surface area contributed by atoms with Crippen molar-refractivity contribution in [1.82, 2.24) is 4.90 Å². The van der Waals surface area contributed by atoms with Crippen LogP contribution < -0.4 is 0 Å². The summed E-state index contributed by atoms with van der Waals surface area (Å²) < 4.78 is 5.42. The number of ether oxygens (including phenoxy) is 1. The average Bonchev–Trinajstić information content (AvgIpc) is 2.60. The quantitative estimate of drug-likeness (QED) is 0.666. The predicted octanol–water partition coefficient (Wildman–Crippen LogP) is 3.45. The lowest BCUT2D eigenvalue weighted by Gasteiger charge is -2.42. The molecular formula is C19H26ClNO3. The van der Waals surface area contributed by atoms with Gasteiger partial charge in [-0.05, 0) is 36.7 Å². The molecule has 0 radical (unpaired) electrons. The monoisotopic (exact) mass is 351 g/mol. The first-order valence-electron chi connectivity index (χ1n) is 8.44. The Kier molecular flexibility index (Phi) is 5.94. The van der Waals surface area contributed by atoms with E-state index in [1.54, 1.807) is 18.4 Å². The molecule has 0 spiro atoms. The van der Waals surface area contributed by atoms with Gasteiger partial charge in [0.1, 0.15) is 6.26 Å². The molecule has 0 saturated carbocycles. The van der Waals surface area contributed by atoms with Gasteiger partial charge in [0.25, 0.3) is 0 Å². The summed E-state index contributed by atoms with van der Waals surface area (Å²) in [6.45, 7) is 5.74. The largest absolute Gasteiger partial charge is 0.430 e. The highest BCUT2D eigenvalue weighted by Gasteiger charge is 2.43. The Balaban J connectivity index is 0.00000208. The van der Waals surface area contributed by atoms with Crippen LogP contribution in [0.3, 0.4) is 0 Å². The van der Waals surface area contributed by atoms with Gasteiger partial charge in [0.2, 0.25) is 0 Å². The average molecular weight is 352 g/mol. The fraction of sp³-hybridized carbons (Fsp3) is 0.526. The number of rotatable bonds is 4. The van der Waals surface area contributed by atoms with Crippen LogP contribution in [-0.4, -0.2) is 29.1 Å². The molecule has 3 aliphatic heterocycles. The molecule has 3 aliphatic rings. The van der Waals surface area contributed by atoms with E-state index in [9.17, 15) is 9.90 Å². The summed E-state index contributed by atoms with van der Waals surface area (Å²) in [6.07, 6.45) is 4.99. The van der Waals surface area contributed by atoms with Gasteiger partial charge in [-0.3, -0.25) is 0 Å². The van der Waals surface area contributed by atoms with E-state index in [1.165, 1.54) is 12.8 Å². The van der Waals surface area contributed by atoms with Crippen LogP contribution in [0, 0.1) is 11.8 Å². The zero-order valence-corrected chi connectivity index (χ0v) is 15.1. The van der Waals surface area contributed by atoms with Gasteiger partial charge in [0.05, 0.1) is 0 Å². The second-order valence-electron chi connectivity index (χ2n) is 6.94. The number of carbonyl (C=O) groups is 1. The minimum absolute atomic E-state index is 0. The normalized spacial score (nSPS) is 21.5. The fourth-order valence-electron chi connectivity index (χ4n) is 3.56. The van der Waals surface area contributed by atoms with E-state index >= 15 is 0 Å². The number of fused-ring (bicyclic) bond motifs is 3. The first kappa shape index (κ1) is 18.8. The van der Waals surface area contributed by atoms with E-state index in [1.807, 2.05) is 32.0 Å². The van der Waals surface area contributed by atoms with Gasteiger partial charge in [0, 0.05) is 18.8 Å². The Hall–Kier alpha value is -1.52. The van der Waals surface area contributed by atoms with Crippen LogP contribution in [0.1, 0.15) is 38.7 Å². The summed E-state index contributed by atoms with van der Waals surface area (Å²) >= 11 is 0. The summed E-state index contributed by atoms with van der Waals surface area (Å²) in [5.74, 6) is -0.171. The number of hydrogen-bond donors (Lipinski definition) is 1. The first-order valence-corrected chi connectivity index (χ1v) is 8.44. The smallest absolute Gasteiger partial charge is 0.347 e. The van der Waals surface area contributed by atoms with Crippen molar-refractivity contribution in [3.63, 3.8) is 0 Å². The standard InChI is InChI=1S/C19H25NO3.ClH/c1-14(2)19(22,16-6-4-3-5-7-16)18(21)23-13-17-12-15-8-10-20(17)11-9-15;/h3-7,13-15,22H,8-12H2,1-2H3;1H/b17-13+;. The molecule has 0 amide bonds. The van der Waals surface area contributed by atoms with Crippen molar-refractivity contribution in [1.29, 1.82) is 0 Å². The molecule has 132 valence electrons. The molecule has 2 bridgehead atoms. The number of hydrogen-bond acceptors (Lipinski definition) is 4. The van der Waals surface area contributed by atoms with Crippen LogP contribution in [0.5, 0.6) is 0 Å². The molecule has 5 heteroatoms. The maximum atomic E-state index is 12.6. The van der Waals surface area contributed by atoms with Crippen LogP contribution in [0.15, 0.2) is 42.3 Å². The maximum absolute atomic E-state index is 12.6. The molecule has 0 aromatic heterocycles. The number of nitrogens with zero attached hydrogens (tertiary/aromatic N) is 1. The Morgan fingerprint density at radius 1 is 1.29 bits per heavy atom. The summed E-state index contributed by atoms with van der Waals surface area (Å²) in [7, 11) is 0. The zero-order chi connectivity index (χ0) is 16.4. The minimum atomic E-state index is -1.62. The van der Waals surface area contributed by atoms with E-state index in [-0.39, 0.29) is 18.3 Å². The van der Waals surface area contributed by atoms with Crippen LogP contribution in [0.2, 0.25) is 0 Å². The topological polar surface area (TPSA) is 49.8 Å². The molecule has 1 aromatic rings. The van der Waals surface area contributed by atoms with Crippen molar-refractivity contribution >= 4 is 18.4 Å². The highest BCUT2D eigenvalue weighted by molar-refractivity contribution is 5.85. The molecule has 1 N–H and O–H groups in total. The number of halogens is 1. The third-order valence-corrected chi connectivity index (χ3v) is 5.18. The van der Waals surface area contributed by atoms with Gasteiger partial charge in [0.15, 0.2) is 5.60 Å². The van der Waals surface area contributed by atoms with Crippen molar-refractivity contribution in [3.05, 3.63) is 47.9 Å². The molecule has 1 aromatic carbocycles. The Labute approximate surface area is 149 Å². The van der Waals surface area contributed by atoms with Gasteiger partial charge in [-0.15, -0.1) is 12.4 Å². The molecule has 1 atom stereocenters. The van der Waals surface area contributed by atoms with Gasteiger partial charge in [-0.1, -0.05) is 44.2 Å². The number of piperidine rings is 3. The first-order chi connectivity index (χ1) is 11.0. The number of esters is 1. The van der Waals surface area contributed by atoms with E-state index in [4.69, 9.17) is 4.74 Å². The van der Waals surface area contributed by atoms with Crippen LogP contribution in [0.25, 0.3) is 0 Å². The van der Waals surface area contributed by atoms with Crippen LogP contribution >= 0.6 is 12.4 Å². The SMILES string of the molecule is CC(C)C(O)(C(=O)O/C=C1\CC2CCN1CC2)c1ccccc1.Cl. The van der Waals surface area contributed by atoms with Crippen molar-refractivity contribution in [3.8, 4) is 0 Å². The maximum Gasteiger partial charge on any atom is 0.347 e. The molecule has 3 saturated heterocycles. The second kappa shape index (κ2) is 7.58. The number of benzene rings is 1. The third-order valence-electron chi connectivity index (χ3n) is 5.18. The van der Waals surface area contributed by atoms with Crippen molar-refractivity contribution in [2.24, 2.45) is 11.8 Å². The van der Waals surface area contributed by atoms with E-state index in [0.717, 1.165) is 25.2 Å². The number of aliphatic hydroxyl groups is 1. The lowest BCUT2D eigenvalue weighted by molar-refractivity contribution is -0.166. The predicted molar refractivity (Wildman–Crippen MR) is 95.5 cm³/mol. The Morgan fingerprint density at radius 2 is 1.92 bits per heavy atom. The summed E-state index contributed by atoms with van der Waals surface area (Å²) in [4.78, 5) is 14.9. The molecule has 4 nitrogen and oxygen atoms in total. The number of carbonyl (C=O) groups excluding carboxylic acids is 1. The summed E-state index contributed by atoms with van der Waals surface area (Å²) in [5, 5.41) is 11.0. The molecule has 3 fully saturated rings. The second-order valence-corrected chi connectivity index (χ2v) is 6.94. The van der Waals surface area contributed by atoms with Gasteiger partial charge in [-0.2, -0.15) is 0 Å². The highest BCUT2D eigenvalue weighted by Crippen LogP contribution is 2.35. The molecule has 24 heavy (non-hydrogen) atoms. The summed E-state index contributed by atoms with van der Waals surface area (Å²) in [5.41, 5.74) is 0.0327. The molecule has 3 heterocycles. The van der Waals surface area contributed by atoms with E-state index in [0.29, 0.717) is 11.5 Å². The zero-order valence-electron chi connectivity index (χ0n) is 14.3.